The summed E-state index contributed by atoms with van der Waals surface area (Å²) in [5.41, 5.74) is 0.975. The monoisotopic (exact) mass is 208 g/mol. The summed E-state index contributed by atoms with van der Waals surface area (Å²) in [5.74, 6) is 0. The molecular weight excluding hydrogens is 204 g/mol. The second-order valence-electron chi connectivity index (χ2n) is 2.22. The topological polar surface area (TPSA) is 25.8 Å². The smallest absolute Gasteiger partial charge is 0.0733 e. The maximum atomic E-state index is 4.19. The molecular formula is C8H5BrN2. The second kappa shape index (κ2) is 2.58. The fourth-order valence-electron chi connectivity index (χ4n) is 0.945. The molecule has 0 unspecified atom stereocenters. The Bertz CT molecular complexity index is 387. The van der Waals surface area contributed by atoms with Crippen molar-refractivity contribution in [2.45, 2.75) is 0 Å². The van der Waals surface area contributed by atoms with Gasteiger partial charge in [0.25, 0.3) is 0 Å². The van der Waals surface area contributed by atoms with E-state index in [1.165, 1.54) is 0 Å². The highest BCUT2D eigenvalue weighted by Crippen LogP contribution is 2.14. The van der Waals surface area contributed by atoms with Crippen molar-refractivity contribution in [3.05, 3.63) is 35.2 Å². The van der Waals surface area contributed by atoms with Gasteiger partial charge in [-0.05, 0) is 28.1 Å². The van der Waals surface area contributed by atoms with Gasteiger partial charge in [-0.3, -0.25) is 9.97 Å². The van der Waals surface area contributed by atoms with Crippen molar-refractivity contribution in [2.75, 3.05) is 0 Å². The first-order chi connectivity index (χ1) is 5.36. The molecule has 0 aliphatic heterocycles. The van der Waals surface area contributed by atoms with E-state index in [1.54, 1.807) is 18.6 Å². The fourth-order valence-corrected chi connectivity index (χ4v) is 1.29. The van der Waals surface area contributed by atoms with Crippen LogP contribution in [0.2, 0.25) is 0 Å². The summed E-state index contributed by atoms with van der Waals surface area (Å²) in [6.45, 7) is 0. The van der Waals surface area contributed by atoms with Gasteiger partial charge < -0.3 is 0 Å². The highest BCUT2D eigenvalue weighted by molar-refractivity contribution is 9.10. The van der Waals surface area contributed by atoms with E-state index in [0.717, 1.165) is 15.4 Å². The zero-order valence-corrected chi connectivity index (χ0v) is 7.25. The first-order valence-corrected chi connectivity index (χ1v) is 4.01. The van der Waals surface area contributed by atoms with Gasteiger partial charge >= 0.3 is 0 Å². The van der Waals surface area contributed by atoms with Crippen LogP contribution in [0.3, 0.4) is 0 Å². The summed E-state index contributed by atoms with van der Waals surface area (Å²) in [5, 5.41) is 1.06. The van der Waals surface area contributed by atoms with Crippen molar-refractivity contribution >= 4 is 26.8 Å². The van der Waals surface area contributed by atoms with E-state index in [9.17, 15) is 0 Å². The van der Waals surface area contributed by atoms with Crippen LogP contribution in [0.25, 0.3) is 10.9 Å². The van der Waals surface area contributed by atoms with Gasteiger partial charge in [-0.25, -0.2) is 0 Å². The zero-order chi connectivity index (χ0) is 7.68. The normalized spacial score (nSPS) is 10.3. The second-order valence-corrected chi connectivity index (χ2v) is 3.14. The number of aromatic nitrogens is 2. The third-order valence-electron chi connectivity index (χ3n) is 1.45. The predicted molar refractivity (Wildman–Crippen MR) is 47.2 cm³/mol. The van der Waals surface area contributed by atoms with Crippen molar-refractivity contribution in [1.29, 1.82) is 0 Å². The van der Waals surface area contributed by atoms with Crippen LogP contribution in [0.5, 0.6) is 0 Å². The van der Waals surface area contributed by atoms with E-state index >= 15 is 0 Å². The van der Waals surface area contributed by atoms with Crippen molar-refractivity contribution in [1.82, 2.24) is 9.97 Å². The molecule has 0 atom stereocenters. The van der Waals surface area contributed by atoms with Gasteiger partial charge in [0, 0.05) is 28.4 Å². The standard InChI is InChI=1S/C8H5BrN2/c9-7-3-6-4-10-2-1-8(6)11-5-7/h1-5H. The van der Waals surface area contributed by atoms with Crippen molar-refractivity contribution in [3.63, 3.8) is 0 Å². The molecule has 0 saturated heterocycles. The Morgan fingerprint density at radius 2 is 2.18 bits per heavy atom. The van der Waals surface area contributed by atoms with Crippen LogP contribution in [0.15, 0.2) is 35.2 Å². The maximum Gasteiger partial charge on any atom is 0.0733 e. The third kappa shape index (κ3) is 1.24. The fraction of sp³-hybridized carbons (Fsp3) is 0. The molecule has 0 spiro atoms. The van der Waals surface area contributed by atoms with Crippen LogP contribution < -0.4 is 0 Å². The number of fused-ring (bicyclic) bond motifs is 1. The number of pyridine rings is 2. The number of rotatable bonds is 0. The van der Waals surface area contributed by atoms with Gasteiger partial charge in [0.15, 0.2) is 0 Å². The van der Waals surface area contributed by atoms with Crippen LogP contribution in [-0.2, 0) is 0 Å². The molecule has 3 heteroatoms. The molecule has 0 aliphatic carbocycles. The summed E-state index contributed by atoms with van der Waals surface area (Å²) in [4.78, 5) is 8.19. The zero-order valence-electron chi connectivity index (χ0n) is 5.66. The van der Waals surface area contributed by atoms with E-state index in [2.05, 4.69) is 25.9 Å². The number of hydrogen-bond donors (Lipinski definition) is 0. The van der Waals surface area contributed by atoms with E-state index in [0.29, 0.717) is 0 Å². The van der Waals surface area contributed by atoms with Crippen molar-refractivity contribution in [3.8, 4) is 0 Å². The third-order valence-corrected chi connectivity index (χ3v) is 1.88. The molecule has 2 nitrogen and oxygen atoms in total. The Balaban J connectivity index is 2.83. The van der Waals surface area contributed by atoms with Gasteiger partial charge in [-0.2, -0.15) is 0 Å². The Morgan fingerprint density at radius 1 is 1.27 bits per heavy atom. The summed E-state index contributed by atoms with van der Waals surface area (Å²) >= 11 is 3.34. The highest BCUT2D eigenvalue weighted by Gasteiger charge is 1.92. The van der Waals surface area contributed by atoms with Gasteiger partial charge in [0.05, 0.1) is 5.52 Å². The Kier molecular flexibility index (Phi) is 1.58. The minimum absolute atomic E-state index is 0.975. The first kappa shape index (κ1) is 6.73. The highest BCUT2D eigenvalue weighted by atomic mass is 79.9. The molecule has 0 amide bonds. The van der Waals surface area contributed by atoms with Gasteiger partial charge in [0.2, 0.25) is 0 Å². The lowest BCUT2D eigenvalue weighted by Crippen LogP contribution is -1.78. The molecule has 0 aromatic carbocycles. The molecule has 0 fully saturated rings. The van der Waals surface area contributed by atoms with Crippen LogP contribution in [0, 0.1) is 0 Å². The van der Waals surface area contributed by atoms with Crippen LogP contribution >= 0.6 is 15.9 Å². The lowest BCUT2D eigenvalue weighted by Gasteiger charge is -1.94. The lowest BCUT2D eigenvalue weighted by atomic mass is 10.3. The molecule has 2 aromatic rings. The summed E-state index contributed by atoms with van der Waals surface area (Å²) in [6.07, 6.45) is 5.32. The molecule has 2 heterocycles. The molecule has 2 aromatic heterocycles. The Morgan fingerprint density at radius 3 is 3.09 bits per heavy atom. The quantitative estimate of drug-likeness (QED) is 0.665. The molecule has 2 rings (SSSR count). The Hall–Kier alpha value is -0.960. The Labute approximate surface area is 72.4 Å². The van der Waals surface area contributed by atoms with E-state index in [1.807, 2.05) is 12.1 Å². The van der Waals surface area contributed by atoms with Crippen molar-refractivity contribution < 1.29 is 0 Å². The molecule has 0 bridgehead atoms. The number of nitrogens with zero attached hydrogens (tertiary/aromatic N) is 2. The van der Waals surface area contributed by atoms with Crippen LogP contribution in [0.1, 0.15) is 0 Å². The predicted octanol–water partition coefficient (Wildman–Crippen LogP) is 2.39. The average molecular weight is 209 g/mol. The van der Waals surface area contributed by atoms with Gasteiger partial charge in [-0.15, -0.1) is 0 Å². The molecule has 54 valence electrons. The molecule has 0 radical (unpaired) electrons. The van der Waals surface area contributed by atoms with Gasteiger partial charge in [0.1, 0.15) is 0 Å². The minimum Gasteiger partial charge on any atom is -0.264 e. The average Bonchev–Trinajstić information content (AvgIpc) is 2.04. The maximum absolute atomic E-state index is 4.19. The molecule has 0 saturated carbocycles. The van der Waals surface area contributed by atoms with E-state index in [-0.39, 0.29) is 0 Å². The molecule has 11 heavy (non-hydrogen) atoms. The van der Waals surface area contributed by atoms with Crippen LogP contribution in [-0.4, -0.2) is 9.97 Å². The largest absolute Gasteiger partial charge is 0.264 e. The number of hydrogen-bond acceptors (Lipinski definition) is 2. The number of halogens is 1. The molecule has 0 aliphatic rings. The minimum atomic E-state index is 0.975. The van der Waals surface area contributed by atoms with E-state index < -0.39 is 0 Å². The summed E-state index contributed by atoms with van der Waals surface area (Å²) < 4.78 is 0.984. The summed E-state index contributed by atoms with van der Waals surface area (Å²) in [6, 6.07) is 3.89. The SMILES string of the molecule is Brc1cnc2ccncc2c1. The molecule has 0 N–H and O–H groups in total. The van der Waals surface area contributed by atoms with Crippen molar-refractivity contribution in [2.24, 2.45) is 0 Å². The van der Waals surface area contributed by atoms with E-state index in [4.69, 9.17) is 0 Å². The van der Waals surface area contributed by atoms with Gasteiger partial charge in [-0.1, -0.05) is 0 Å². The lowest BCUT2D eigenvalue weighted by molar-refractivity contribution is 1.32. The summed E-state index contributed by atoms with van der Waals surface area (Å²) in [7, 11) is 0. The first-order valence-electron chi connectivity index (χ1n) is 3.21. The van der Waals surface area contributed by atoms with Crippen LogP contribution in [0.4, 0.5) is 0 Å².